The summed E-state index contributed by atoms with van der Waals surface area (Å²) in [5.74, 6) is 1.37. The van der Waals surface area contributed by atoms with Gasteiger partial charge in [0, 0.05) is 6.07 Å². The molecule has 0 aromatic carbocycles. The molecule has 0 aliphatic heterocycles. The monoisotopic (exact) mass is 144 g/mol. The highest BCUT2D eigenvalue weighted by Crippen LogP contribution is 2.17. The number of anilines is 1. The number of hydrogen-bond donors (Lipinski definition) is 1. The molecule has 0 atom stereocenters. The molecule has 1 aromatic rings. The maximum Gasteiger partial charge on any atom is 0.223 e. The largest absolute Gasteiger partial charge is 0.368 e. The molecule has 4 heteroatoms. The third-order valence-corrected chi connectivity index (χ3v) is 1.58. The van der Waals surface area contributed by atoms with Crippen molar-refractivity contribution in [2.45, 2.75) is 11.9 Å². The predicted molar refractivity (Wildman–Crippen MR) is 37.3 cm³/mol. The topological polar surface area (TPSA) is 52.0 Å². The smallest absolute Gasteiger partial charge is 0.223 e. The molecule has 1 heterocycles. The summed E-state index contributed by atoms with van der Waals surface area (Å²) in [7, 11) is 0. The molecule has 9 heavy (non-hydrogen) atoms. The third-order valence-electron chi connectivity index (χ3n) is 0.799. The number of nitrogens with zero attached hydrogens (tertiary/aromatic N) is 1. The first-order valence-corrected chi connectivity index (χ1v) is 3.66. The molecule has 0 amide bonds. The number of hydrogen-bond acceptors (Lipinski definition) is 4. The minimum Gasteiger partial charge on any atom is -0.368 e. The first-order chi connectivity index (χ1) is 4.33. The van der Waals surface area contributed by atoms with E-state index in [1.165, 1.54) is 0 Å². The molecule has 0 fully saturated rings. The minimum atomic E-state index is 0.381. The van der Waals surface area contributed by atoms with Crippen molar-refractivity contribution in [3.63, 3.8) is 0 Å². The zero-order valence-corrected chi connectivity index (χ0v) is 5.94. The van der Waals surface area contributed by atoms with E-state index in [9.17, 15) is 0 Å². The van der Waals surface area contributed by atoms with Crippen LogP contribution in [0, 0.1) is 0 Å². The van der Waals surface area contributed by atoms with Crippen LogP contribution in [0.3, 0.4) is 0 Å². The molecule has 1 rings (SSSR count). The van der Waals surface area contributed by atoms with Crippen molar-refractivity contribution in [3.8, 4) is 0 Å². The van der Waals surface area contributed by atoms with E-state index in [-0.39, 0.29) is 0 Å². The summed E-state index contributed by atoms with van der Waals surface area (Å²) in [6, 6.07) is 1.72. The standard InChI is InChI=1S/C5H8N2OS/c1-2-9-5-3-4(6)8-7-5/h3H,2,6H2,1H3. The fraction of sp³-hybridized carbons (Fsp3) is 0.400. The van der Waals surface area contributed by atoms with Crippen molar-refractivity contribution in [2.75, 3.05) is 11.5 Å². The minimum absolute atomic E-state index is 0.381. The fourth-order valence-electron chi connectivity index (χ4n) is 0.488. The van der Waals surface area contributed by atoms with Crippen LogP contribution in [0.5, 0.6) is 0 Å². The van der Waals surface area contributed by atoms with E-state index < -0.39 is 0 Å². The molecular formula is C5H8N2OS. The van der Waals surface area contributed by atoms with Gasteiger partial charge in [-0.15, -0.1) is 11.8 Å². The van der Waals surface area contributed by atoms with Crippen LogP contribution in [0.4, 0.5) is 5.88 Å². The summed E-state index contributed by atoms with van der Waals surface area (Å²) in [6.07, 6.45) is 0. The second-order valence-corrected chi connectivity index (χ2v) is 2.78. The molecule has 50 valence electrons. The van der Waals surface area contributed by atoms with Gasteiger partial charge in [-0.3, -0.25) is 0 Å². The van der Waals surface area contributed by atoms with E-state index >= 15 is 0 Å². The average Bonchev–Trinajstić information content (AvgIpc) is 2.17. The molecule has 0 saturated carbocycles. The Balaban J connectivity index is 2.61. The van der Waals surface area contributed by atoms with Crippen molar-refractivity contribution >= 4 is 17.6 Å². The summed E-state index contributed by atoms with van der Waals surface area (Å²) in [4.78, 5) is 0. The lowest BCUT2D eigenvalue weighted by Crippen LogP contribution is -1.75. The summed E-state index contributed by atoms with van der Waals surface area (Å²) in [5.41, 5.74) is 5.27. The zero-order valence-electron chi connectivity index (χ0n) is 5.13. The van der Waals surface area contributed by atoms with E-state index in [2.05, 4.69) is 16.6 Å². The molecule has 0 spiro atoms. The van der Waals surface area contributed by atoms with Gasteiger partial charge in [-0.05, 0) is 5.75 Å². The van der Waals surface area contributed by atoms with Gasteiger partial charge in [0.15, 0.2) is 0 Å². The van der Waals surface area contributed by atoms with E-state index in [4.69, 9.17) is 5.73 Å². The molecule has 0 bridgehead atoms. The Kier molecular flexibility index (Phi) is 2.00. The number of rotatable bonds is 2. The van der Waals surface area contributed by atoms with Crippen LogP contribution in [0.1, 0.15) is 6.92 Å². The summed E-state index contributed by atoms with van der Waals surface area (Å²) in [6.45, 7) is 2.05. The van der Waals surface area contributed by atoms with Gasteiger partial charge < -0.3 is 10.3 Å². The Bertz CT molecular complexity index is 187. The average molecular weight is 144 g/mol. The summed E-state index contributed by atoms with van der Waals surface area (Å²) >= 11 is 1.61. The van der Waals surface area contributed by atoms with Crippen molar-refractivity contribution in [1.29, 1.82) is 0 Å². The Morgan fingerprint density at radius 3 is 3.11 bits per heavy atom. The van der Waals surface area contributed by atoms with Crippen molar-refractivity contribution < 1.29 is 4.52 Å². The van der Waals surface area contributed by atoms with Crippen LogP contribution in [-0.4, -0.2) is 10.9 Å². The van der Waals surface area contributed by atoms with E-state index in [0.717, 1.165) is 10.8 Å². The molecule has 0 saturated heterocycles. The van der Waals surface area contributed by atoms with Gasteiger partial charge >= 0.3 is 0 Å². The zero-order chi connectivity index (χ0) is 6.69. The van der Waals surface area contributed by atoms with Crippen LogP contribution in [-0.2, 0) is 0 Å². The fourth-order valence-corrected chi connectivity index (χ4v) is 1.07. The Morgan fingerprint density at radius 1 is 1.89 bits per heavy atom. The predicted octanol–water partition coefficient (Wildman–Crippen LogP) is 1.37. The first-order valence-electron chi connectivity index (χ1n) is 2.68. The van der Waals surface area contributed by atoms with Crippen LogP contribution in [0.2, 0.25) is 0 Å². The summed E-state index contributed by atoms with van der Waals surface area (Å²) < 4.78 is 4.62. The van der Waals surface area contributed by atoms with Crippen molar-refractivity contribution in [3.05, 3.63) is 6.07 Å². The van der Waals surface area contributed by atoms with Crippen molar-refractivity contribution in [2.24, 2.45) is 0 Å². The third kappa shape index (κ3) is 1.64. The molecule has 2 N–H and O–H groups in total. The SMILES string of the molecule is CCSc1cc(N)on1. The van der Waals surface area contributed by atoms with Crippen LogP contribution in [0.25, 0.3) is 0 Å². The summed E-state index contributed by atoms with van der Waals surface area (Å²) in [5, 5.41) is 4.52. The van der Waals surface area contributed by atoms with Crippen LogP contribution >= 0.6 is 11.8 Å². The lowest BCUT2D eigenvalue weighted by Gasteiger charge is -1.82. The van der Waals surface area contributed by atoms with Gasteiger partial charge in [-0.1, -0.05) is 12.1 Å². The van der Waals surface area contributed by atoms with Gasteiger partial charge in [-0.2, -0.15) is 0 Å². The number of aromatic nitrogens is 1. The molecule has 0 unspecified atom stereocenters. The number of thioether (sulfide) groups is 1. The highest BCUT2D eigenvalue weighted by molar-refractivity contribution is 7.99. The highest BCUT2D eigenvalue weighted by atomic mass is 32.2. The Hall–Kier alpha value is -0.640. The normalized spacial score (nSPS) is 9.89. The van der Waals surface area contributed by atoms with E-state index in [1.807, 2.05) is 0 Å². The lowest BCUT2D eigenvalue weighted by atomic mass is 10.7. The first kappa shape index (κ1) is 6.48. The molecule has 1 aromatic heterocycles. The van der Waals surface area contributed by atoms with Crippen LogP contribution in [0.15, 0.2) is 15.6 Å². The van der Waals surface area contributed by atoms with E-state index in [1.54, 1.807) is 17.8 Å². The highest BCUT2D eigenvalue weighted by Gasteiger charge is 1.97. The number of nitrogens with two attached hydrogens (primary N) is 1. The molecule has 3 nitrogen and oxygen atoms in total. The Labute approximate surface area is 57.6 Å². The Morgan fingerprint density at radius 2 is 2.67 bits per heavy atom. The quantitative estimate of drug-likeness (QED) is 0.637. The second-order valence-electron chi connectivity index (χ2n) is 1.50. The molecule has 0 aliphatic rings. The lowest BCUT2D eigenvalue weighted by molar-refractivity contribution is 0.419. The molecule has 0 radical (unpaired) electrons. The van der Waals surface area contributed by atoms with Gasteiger partial charge in [0.2, 0.25) is 5.88 Å². The van der Waals surface area contributed by atoms with Gasteiger partial charge in [0.05, 0.1) is 0 Å². The molecule has 0 aliphatic carbocycles. The number of nitrogen functional groups attached to an aromatic ring is 1. The van der Waals surface area contributed by atoms with Gasteiger partial charge in [0.25, 0.3) is 0 Å². The van der Waals surface area contributed by atoms with Gasteiger partial charge in [0.1, 0.15) is 5.03 Å². The van der Waals surface area contributed by atoms with E-state index in [0.29, 0.717) is 5.88 Å². The maximum absolute atomic E-state index is 5.27. The maximum atomic E-state index is 5.27. The van der Waals surface area contributed by atoms with Crippen molar-refractivity contribution in [1.82, 2.24) is 5.16 Å². The van der Waals surface area contributed by atoms with Gasteiger partial charge in [-0.25, -0.2) is 0 Å². The van der Waals surface area contributed by atoms with Crippen LogP contribution < -0.4 is 5.73 Å². The second kappa shape index (κ2) is 2.77. The molecular weight excluding hydrogens is 136 g/mol.